The van der Waals surface area contributed by atoms with Gasteiger partial charge in [0.05, 0.1) is 23.8 Å². The topological polar surface area (TPSA) is 85.2 Å². The third-order valence-electron chi connectivity index (χ3n) is 5.28. The number of fused-ring (bicyclic) bond motifs is 1. The molecule has 0 N–H and O–H groups in total. The van der Waals surface area contributed by atoms with Crippen LogP contribution in [0.15, 0.2) is 16.6 Å². The summed E-state index contributed by atoms with van der Waals surface area (Å²) in [6.07, 6.45) is 1.65. The van der Waals surface area contributed by atoms with Crippen molar-refractivity contribution in [1.29, 1.82) is 0 Å². The van der Waals surface area contributed by atoms with Gasteiger partial charge in [-0.15, -0.1) is 0 Å². The second-order valence-electron chi connectivity index (χ2n) is 8.26. The van der Waals surface area contributed by atoms with Crippen LogP contribution in [0.5, 0.6) is 5.75 Å². The zero-order chi connectivity index (χ0) is 20.6. The van der Waals surface area contributed by atoms with Crippen LogP contribution in [0.3, 0.4) is 0 Å². The van der Waals surface area contributed by atoms with Gasteiger partial charge in [0.2, 0.25) is 0 Å². The monoisotopic (exact) mass is 455 g/mol. The predicted molar refractivity (Wildman–Crippen MR) is 109 cm³/mol. The zero-order valence-corrected chi connectivity index (χ0v) is 18.2. The highest BCUT2D eigenvalue weighted by molar-refractivity contribution is 9.10. The quantitative estimate of drug-likeness (QED) is 0.501. The van der Waals surface area contributed by atoms with Gasteiger partial charge in [-0.05, 0) is 55.5 Å². The number of ether oxygens (including phenoxy) is 2. The van der Waals surface area contributed by atoms with E-state index in [0.717, 1.165) is 25.1 Å². The van der Waals surface area contributed by atoms with E-state index in [9.17, 15) is 14.9 Å². The van der Waals surface area contributed by atoms with Gasteiger partial charge in [0, 0.05) is 36.2 Å². The number of rotatable bonds is 3. The number of benzene rings is 1. The van der Waals surface area contributed by atoms with Crippen molar-refractivity contribution in [2.75, 3.05) is 31.6 Å². The molecule has 0 aromatic heterocycles. The first-order chi connectivity index (χ1) is 13.1. The molecule has 2 aliphatic heterocycles. The number of nitro groups is 1. The SMILES string of the molecule is COc1cc(N2CCC3CCN(C(=O)OC(C)(C)C)C3C2)c(Br)cc1[N+](=O)[O-]. The highest BCUT2D eigenvalue weighted by Gasteiger charge is 2.42. The molecule has 3 rings (SSSR count). The first kappa shape index (κ1) is 20.7. The summed E-state index contributed by atoms with van der Waals surface area (Å²) in [4.78, 5) is 27.4. The van der Waals surface area contributed by atoms with Gasteiger partial charge in [-0.25, -0.2) is 4.79 Å². The van der Waals surface area contributed by atoms with Crippen molar-refractivity contribution < 1.29 is 19.2 Å². The summed E-state index contributed by atoms with van der Waals surface area (Å²) in [5.41, 5.74) is 0.222. The van der Waals surface area contributed by atoms with Crippen LogP contribution < -0.4 is 9.64 Å². The Morgan fingerprint density at radius 2 is 1.96 bits per heavy atom. The van der Waals surface area contributed by atoms with Crippen molar-refractivity contribution in [3.63, 3.8) is 0 Å². The van der Waals surface area contributed by atoms with Gasteiger partial charge in [-0.3, -0.25) is 10.1 Å². The average molecular weight is 456 g/mol. The number of amides is 1. The molecule has 8 nitrogen and oxygen atoms in total. The van der Waals surface area contributed by atoms with E-state index < -0.39 is 10.5 Å². The predicted octanol–water partition coefficient (Wildman–Crippen LogP) is 4.20. The molecule has 1 aromatic rings. The molecule has 2 atom stereocenters. The van der Waals surface area contributed by atoms with E-state index in [4.69, 9.17) is 9.47 Å². The van der Waals surface area contributed by atoms with Crippen LogP contribution in [0.1, 0.15) is 33.6 Å². The number of nitro benzene ring substituents is 1. The number of methoxy groups -OCH3 is 1. The third-order valence-corrected chi connectivity index (χ3v) is 5.91. The molecule has 0 bridgehead atoms. The number of hydrogen-bond acceptors (Lipinski definition) is 6. The van der Waals surface area contributed by atoms with Gasteiger partial charge in [0.15, 0.2) is 5.75 Å². The molecular weight excluding hydrogens is 430 g/mol. The summed E-state index contributed by atoms with van der Waals surface area (Å²) in [7, 11) is 1.42. The molecule has 9 heteroatoms. The Morgan fingerprint density at radius 1 is 1.29 bits per heavy atom. The van der Waals surface area contributed by atoms with Crippen LogP contribution in [0, 0.1) is 16.0 Å². The Kier molecular flexibility index (Phi) is 5.74. The number of halogens is 1. The van der Waals surface area contributed by atoms with Gasteiger partial charge in [0.1, 0.15) is 5.60 Å². The van der Waals surface area contributed by atoms with E-state index in [-0.39, 0.29) is 23.6 Å². The van der Waals surface area contributed by atoms with Crippen molar-refractivity contribution in [1.82, 2.24) is 4.90 Å². The molecule has 0 spiro atoms. The average Bonchev–Trinajstić information content (AvgIpc) is 3.03. The zero-order valence-electron chi connectivity index (χ0n) is 16.6. The smallest absolute Gasteiger partial charge is 0.410 e. The highest BCUT2D eigenvalue weighted by Crippen LogP contribution is 2.41. The lowest BCUT2D eigenvalue weighted by atomic mass is 9.92. The molecule has 2 unspecified atom stereocenters. The molecule has 0 saturated carbocycles. The summed E-state index contributed by atoms with van der Waals surface area (Å²) >= 11 is 3.46. The fourth-order valence-electron chi connectivity index (χ4n) is 3.99. The standard InChI is InChI=1S/C19H26BrN3O5/c1-19(2,3)28-18(24)22-8-6-12-5-7-21(11-16(12)22)14-10-17(27-4)15(23(25)26)9-13(14)20/h9-10,12,16H,5-8,11H2,1-4H3. The number of carbonyl (C=O) groups excluding carboxylic acids is 1. The summed E-state index contributed by atoms with van der Waals surface area (Å²) < 4.78 is 11.4. The van der Waals surface area contributed by atoms with Crippen molar-refractivity contribution in [2.24, 2.45) is 5.92 Å². The molecule has 28 heavy (non-hydrogen) atoms. The Labute approximate surface area is 173 Å². The molecule has 0 aliphatic carbocycles. The summed E-state index contributed by atoms with van der Waals surface area (Å²) in [6, 6.07) is 3.23. The maximum Gasteiger partial charge on any atom is 0.410 e. The van der Waals surface area contributed by atoms with Crippen LogP contribution in [0.4, 0.5) is 16.2 Å². The number of piperidine rings is 1. The van der Waals surface area contributed by atoms with Crippen LogP contribution in [0.2, 0.25) is 0 Å². The molecule has 2 fully saturated rings. The molecule has 1 aromatic carbocycles. The van der Waals surface area contributed by atoms with Crippen molar-refractivity contribution in [3.05, 3.63) is 26.7 Å². The molecule has 2 heterocycles. The fourth-order valence-corrected chi connectivity index (χ4v) is 4.57. The van der Waals surface area contributed by atoms with Crippen LogP contribution >= 0.6 is 15.9 Å². The van der Waals surface area contributed by atoms with E-state index in [2.05, 4.69) is 20.8 Å². The second-order valence-corrected chi connectivity index (χ2v) is 9.11. The first-order valence-corrected chi connectivity index (χ1v) is 10.2. The van der Waals surface area contributed by atoms with Gasteiger partial charge in [0.25, 0.3) is 0 Å². The maximum absolute atomic E-state index is 12.6. The lowest BCUT2D eigenvalue weighted by molar-refractivity contribution is -0.385. The number of carbonyl (C=O) groups is 1. The molecular formula is C19H26BrN3O5. The highest BCUT2D eigenvalue weighted by atomic mass is 79.9. The normalized spacial score (nSPS) is 22.0. The lowest BCUT2D eigenvalue weighted by Crippen LogP contribution is -2.51. The van der Waals surface area contributed by atoms with Crippen LogP contribution in [-0.2, 0) is 4.74 Å². The Bertz CT molecular complexity index is 780. The van der Waals surface area contributed by atoms with Gasteiger partial charge in [-0.2, -0.15) is 0 Å². The molecule has 0 radical (unpaired) electrons. The minimum Gasteiger partial charge on any atom is -0.490 e. The van der Waals surface area contributed by atoms with Crippen molar-refractivity contribution in [3.8, 4) is 5.75 Å². The van der Waals surface area contributed by atoms with E-state index in [1.165, 1.54) is 13.2 Å². The van der Waals surface area contributed by atoms with Crippen LogP contribution in [0.25, 0.3) is 0 Å². The molecule has 154 valence electrons. The number of anilines is 1. The van der Waals surface area contributed by atoms with E-state index in [1.807, 2.05) is 25.7 Å². The Hall–Kier alpha value is -2.03. The number of nitrogens with zero attached hydrogens (tertiary/aromatic N) is 3. The lowest BCUT2D eigenvalue weighted by Gasteiger charge is -2.40. The summed E-state index contributed by atoms with van der Waals surface area (Å²) in [5, 5.41) is 11.2. The van der Waals surface area contributed by atoms with Gasteiger partial charge >= 0.3 is 11.8 Å². The molecule has 1 amide bonds. The number of likely N-dealkylation sites (tertiary alicyclic amines) is 1. The minimum absolute atomic E-state index is 0.0664. The van der Waals surface area contributed by atoms with E-state index in [0.29, 0.717) is 23.5 Å². The molecule has 2 aliphatic rings. The Balaban J connectivity index is 1.82. The fraction of sp³-hybridized carbons (Fsp3) is 0.632. The second kappa shape index (κ2) is 7.77. The van der Waals surface area contributed by atoms with E-state index in [1.54, 1.807) is 6.07 Å². The maximum atomic E-state index is 12.6. The number of hydrogen-bond donors (Lipinski definition) is 0. The first-order valence-electron chi connectivity index (χ1n) is 9.37. The van der Waals surface area contributed by atoms with Crippen molar-refractivity contribution in [2.45, 2.75) is 45.3 Å². The van der Waals surface area contributed by atoms with Crippen molar-refractivity contribution >= 4 is 33.4 Å². The minimum atomic E-state index is -0.529. The summed E-state index contributed by atoms with van der Waals surface area (Å²) in [5.74, 6) is 0.670. The third kappa shape index (κ3) is 4.19. The Morgan fingerprint density at radius 3 is 2.57 bits per heavy atom. The molecule has 2 saturated heterocycles. The van der Waals surface area contributed by atoms with Gasteiger partial charge < -0.3 is 19.3 Å². The largest absolute Gasteiger partial charge is 0.490 e. The van der Waals surface area contributed by atoms with Crippen LogP contribution in [-0.4, -0.2) is 54.3 Å². The van der Waals surface area contributed by atoms with E-state index >= 15 is 0 Å². The van der Waals surface area contributed by atoms with Gasteiger partial charge in [-0.1, -0.05) is 0 Å². The summed E-state index contributed by atoms with van der Waals surface area (Å²) in [6.45, 7) is 7.78.